The van der Waals surface area contributed by atoms with Crippen molar-refractivity contribution in [1.82, 2.24) is 39.0 Å². The van der Waals surface area contributed by atoms with E-state index >= 15 is 0 Å². The SMILES string of the molecule is COc1ccc(C(OC[C@H]2O[C@@H](n3c(Nc4nc5c6cccnc6ccc5n4C)nc4c(=O)[nH]c(/N=C/N(C)C)nc43)C[C@@H]2O)(c2ccccc2)c2ccc(OC)cc2)cc1. The van der Waals surface area contributed by atoms with Gasteiger partial charge in [-0.1, -0.05) is 54.6 Å². The van der Waals surface area contributed by atoms with Gasteiger partial charge >= 0.3 is 0 Å². The minimum atomic E-state index is -1.15. The van der Waals surface area contributed by atoms with Gasteiger partial charge in [-0.2, -0.15) is 4.98 Å². The van der Waals surface area contributed by atoms with Crippen LogP contribution in [0.3, 0.4) is 0 Å². The lowest BCUT2D eigenvalue weighted by Crippen LogP contribution is -2.38. The van der Waals surface area contributed by atoms with Gasteiger partial charge in [-0.25, -0.2) is 15.0 Å². The lowest BCUT2D eigenvalue weighted by molar-refractivity contribution is -0.0927. The average Bonchev–Trinajstić information content (AvgIpc) is 3.95. The summed E-state index contributed by atoms with van der Waals surface area (Å²) in [4.78, 5) is 41.4. The van der Waals surface area contributed by atoms with Gasteiger partial charge in [-0.3, -0.25) is 24.6 Å². The highest BCUT2D eigenvalue weighted by Gasteiger charge is 2.43. The number of hydrogen-bond donors (Lipinski definition) is 3. The third-order valence-corrected chi connectivity index (χ3v) is 10.9. The van der Waals surface area contributed by atoms with Gasteiger partial charge in [0.05, 0.1) is 44.3 Å². The number of aliphatic imine (C=N–C) groups is 1. The Morgan fingerprint density at radius 1 is 0.885 bits per heavy atom. The molecule has 0 bridgehead atoms. The number of anilines is 2. The number of aliphatic hydroxyl groups is 1. The standard InChI is InChI=1S/C45H44N10O6/c1-53(2)26-47-42-50-40-39(41(57)51-42)49-44(52-43-48-38-32-12-9-23-46-33(32)21-22-34(38)54(43)3)55(40)37-24-35(56)36(61-37)25-60-45(27-10-7-6-8-11-27,28-13-17-30(58-4)18-14-28)29-15-19-31(59-5)20-16-29/h6-23,26,35-37,56H,24-25H2,1-5H3,(H,48,49,52)(H,50,51,57)/b47-26+/t35-,36+,37+/m0/s1. The second kappa shape index (κ2) is 16.1. The van der Waals surface area contributed by atoms with Crippen LogP contribution in [0.2, 0.25) is 0 Å². The molecule has 1 fully saturated rings. The van der Waals surface area contributed by atoms with Crippen LogP contribution in [0, 0.1) is 0 Å². The van der Waals surface area contributed by atoms with Crippen molar-refractivity contribution < 1.29 is 24.1 Å². The van der Waals surface area contributed by atoms with Gasteiger partial charge in [0.2, 0.25) is 17.8 Å². The van der Waals surface area contributed by atoms with Crippen molar-refractivity contribution in [1.29, 1.82) is 0 Å². The normalized spacial score (nSPS) is 16.9. The number of hydrogen-bond acceptors (Lipinski definition) is 12. The van der Waals surface area contributed by atoms with Crippen molar-refractivity contribution in [2.75, 3.05) is 40.2 Å². The number of aryl methyl sites for hydroxylation is 1. The fourth-order valence-corrected chi connectivity index (χ4v) is 7.89. The molecular formula is C45H44N10O6. The molecule has 8 aromatic rings. The van der Waals surface area contributed by atoms with Gasteiger partial charge < -0.3 is 33.5 Å². The topological polar surface area (TPSA) is 179 Å². The molecule has 0 radical (unpaired) electrons. The van der Waals surface area contributed by atoms with E-state index in [1.165, 1.54) is 6.34 Å². The van der Waals surface area contributed by atoms with Crippen molar-refractivity contribution in [3.05, 3.63) is 136 Å². The minimum Gasteiger partial charge on any atom is -0.497 e. The van der Waals surface area contributed by atoms with Crippen LogP contribution in [-0.4, -0.2) is 97.5 Å². The zero-order valence-corrected chi connectivity index (χ0v) is 34.2. The summed E-state index contributed by atoms with van der Waals surface area (Å²) in [5.74, 6) is 2.15. The van der Waals surface area contributed by atoms with Crippen LogP contribution >= 0.6 is 0 Å². The number of methoxy groups -OCH3 is 2. The highest BCUT2D eigenvalue weighted by molar-refractivity contribution is 6.03. The first-order valence-corrected chi connectivity index (χ1v) is 19.7. The molecule has 9 rings (SSSR count). The molecule has 310 valence electrons. The van der Waals surface area contributed by atoms with Crippen molar-refractivity contribution >= 4 is 57.3 Å². The molecule has 1 aliphatic rings. The Kier molecular flexibility index (Phi) is 10.4. The van der Waals surface area contributed by atoms with Crippen molar-refractivity contribution in [3.63, 3.8) is 0 Å². The van der Waals surface area contributed by atoms with Gasteiger partial charge in [0.25, 0.3) is 5.56 Å². The lowest BCUT2D eigenvalue weighted by Gasteiger charge is -2.37. The molecule has 4 aromatic heterocycles. The Morgan fingerprint density at radius 2 is 1.56 bits per heavy atom. The van der Waals surface area contributed by atoms with E-state index in [9.17, 15) is 9.90 Å². The Morgan fingerprint density at radius 3 is 2.23 bits per heavy atom. The van der Waals surface area contributed by atoms with E-state index in [2.05, 4.69) is 20.3 Å². The predicted molar refractivity (Wildman–Crippen MR) is 232 cm³/mol. The highest BCUT2D eigenvalue weighted by atomic mass is 16.6. The van der Waals surface area contributed by atoms with E-state index in [4.69, 9.17) is 33.9 Å². The van der Waals surface area contributed by atoms with Crippen LogP contribution in [0.15, 0.2) is 119 Å². The summed E-state index contributed by atoms with van der Waals surface area (Å²) >= 11 is 0. The van der Waals surface area contributed by atoms with Crippen LogP contribution in [0.5, 0.6) is 11.5 Å². The number of aromatic nitrogens is 7. The van der Waals surface area contributed by atoms with Gasteiger partial charge in [0.1, 0.15) is 34.9 Å². The van der Waals surface area contributed by atoms with Crippen molar-refractivity contribution in [2.45, 2.75) is 30.5 Å². The first-order chi connectivity index (χ1) is 29.7. The summed E-state index contributed by atoms with van der Waals surface area (Å²) in [6, 6.07) is 33.1. The number of pyridine rings is 1. The third kappa shape index (κ3) is 7.19. The Balaban J connectivity index is 1.11. The number of aromatic amines is 1. The monoisotopic (exact) mass is 820 g/mol. The number of imidazole rings is 2. The number of rotatable bonds is 13. The number of aliphatic hydroxyl groups excluding tert-OH is 1. The molecule has 61 heavy (non-hydrogen) atoms. The highest BCUT2D eigenvalue weighted by Crippen LogP contribution is 2.43. The summed E-state index contributed by atoms with van der Waals surface area (Å²) in [6.45, 7) is -0.0295. The number of H-pyrrole nitrogens is 1. The Bertz CT molecular complexity index is 2880. The summed E-state index contributed by atoms with van der Waals surface area (Å²) in [6.07, 6.45) is 0.756. The first kappa shape index (κ1) is 39.3. The number of benzene rings is 4. The van der Waals surface area contributed by atoms with Gasteiger partial charge in [-0.15, -0.1) is 0 Å². The smallest absolute Gasteiger partial charge is 0.280 e. The van der Waals surface area contributed by atoms with Crippen LogP contribution in [-0.2, 0) is 22.1 Å². The van der Waals surface area contributed by atoms with Crippen LogP contribution in [0.25, 0.3) is 33.1 Å². The second-order valence-corrected chi connectivity index (χ2v) is 14.9. The molecule has 4 aromatic carbocycles. The van der Waals surface area contributed by atoms with Crippen molar-refractivity contribution in [2.24, 2.45) is 12.0 Å². The summed E-state index contributed by atoms with van der Waals surface area (Å²) < 4.78 is 28.5. The molecule has 3 N–H and O–H groups in total. The second-order valence-electron chi connectivity index (χ2n) is 14.9. The molecule has 16 heteroatoms. The molecule has 0 aliphatic carbocycles. The number of nitrogens with zero attached hydrogens (tertiary/aromatic N) is 8. The van der Waals surface area contributed by atoms with Crippen LogP contribution in [0.4, 0.5) is 17.8 Å². The number of ether oxygens (including phenoxy) is 4. The molecule has 1 aliphatic heterocycles. The maximum absolute atomic E-state index is 13.6. The molecule has 16 nitrogen and oxygen atoms in total. The van der Waals surface area contributed by atoms with E-state index in [0.717, 1.165) is 38.6 Å². The maximum Gasteiger partial charge on any atom is 0.280 e. The summed E-state index contributed by atoms with van der Waals surface area (Å²) in [7, 11) is 8.77. The Labute approximate surface area is 350 Å². The van der Waals surface area contributed by atoms with Gasteiger partial charge in [0, 0.05) is 39.1 Å². The number of nitrogens with one attached hydrogen (secondary N) is 2. The van der Waals surface area contributed by atoms with Crippen LogP contribution in [0.1, 0.15) is 29.3 Å². The van der Waals surface area contributed by atoms with E-state index in [1.807, 2.05) is 129 Å². The van der Waals surface area contributed by atoms with Crippen molar-refractivity contribution in [3.8, 4) is 11.5 Å². The maximum atomic E-state index is 13.6. The van der Waals surface area contributed by atoms with E-state index < -0.39 is 29.6 Å². The quantitative estimate of drug-likeness (QED) is 0.0683. The molecule has 3 atom stereocenters. The molecule has 0 amide bonds. The van der Waals surface area contributed by atoms with E-state index in [-0.39, 0.29) is 36.1 Å². The zero-order valence-electron chi connectivity index (χ0n) is 34.2. The minimum absolute atomic E-state index is 0.0295. The largest absolute Gasteiger partial charge is 0.497 e. The number of fused-ring (bicyclic) bond motifs is 4. The zero-order chi connectivity index (χ0) is 42.3. The molecule has 0 saturated carbocycles. The van der Waals surface area contributed by atoms with E-state index in [1.54, 1.807) is 29.9 Å². The molecule has 0 spiro atoms. The summed E-state index contributed by atoms with van der Waals surface area (Å²) in [5, 5.41) is 16.1. The van der Waals surface area contributed by atoms with Gasteiger partial charge in [0.15, 0.2) is 11.2 Å². The molecule has 5 heterocycles. The van der Waals surface area contributed by atoms with Gasteiger partial charge in [-0.05, 0) is 65.2 Å². The lowest BCUT2D eigenvalue weighted by atomic mass is 9.80. The third-order valence-electron chi connectivity index (χ3n) is 10.9. The average molecular weight is 821 g/mol. The fourth-order valence-electron chi connectivity index (χ4n) is 7.89. The Hall–Kier alpha value is -7.14. The van der Waals surface area contributed by atoms with E-state index in [0.29, 0.717) is 17.4 Å². The molecule has 1 saturated heterocycles. The fraction of sp³-hybridized carbons (Fsp3) is 0.244. The molecular weight excluding hydrogens is 777 g/mol. The molecule has 0 unspecified atom stereocenters. The first-order valence-electron chi connectivity index (χ1n) is 19.7. The van der Waals surface area contributed by atoms with Crippen LogP contribution < -0.4 is 20.3 Å². The summed E-state index contributed by atoms with van der Waals surface area (Å²) in [5.41, 5.74) is 3.57. The predicted octanol–water partition coefficient (Wildman–Crippen LogP) is 6.19.